The van der Waals surface area contributed by atoms with Crippen LogP contribution >= 0.6 is 35.1 Å². The first-order valence-electron chi connectivity index (χ1n) is 6.69. The molecule has 1 aliphatic heterocycles. The Bertz CT molecular complexity index is 734. The third kappa shape index (κ3) is 3.85. The summed E-state index contributed by atoms with van der Waals surface area (Å²) in [6.45, 7) is 0. The van der Waals surface area contributed by atoms with Gasteiger partial charge < -0.3 is 5.32 Å². The third-order valence-corrected chi connectivity index (χ3v) is 5.60. The van der Waals surface area contributed by atoms with Gasteiger partial charge in [0.05, 0.1) is 22.2 Å². The summed E-state index contributed by atoms with van der Waals surface area (Å²) in [4.78, 5) is 16.6. The van der Waals surface area contributed by atoms with Crippen LogP contribution in [0.4, 0.5) is 11.4 Å². The Morgan fingerprint density at radius 3 is 2.86 bits per heavy atom. The number of aliphatic imine (C=N–C) groups is 1. The topological polar surface area (TPSA) is 41.5 Å². The van der Waals surface area contributed by atoms with Crippen molar-refractivity contribution in [1.29, 1.82) is 0 Å². The molecule has 0 aromatic heterocycles. The number of thioether (sulfide) groups is 2. The summed E-state index contributed by atoms with van der Waals surface area (Å²) in [6, 6.07) is 15.3. The summed E-state index contributed by atoms with van der Waals surface area (Å²) >= 11 is 9.14. The summed E-state index contributed by atoms with van der Waals surface area (Å²) < 4.78 is 0.924. The van der Waals surface area contributed by atoms with Gasteiger partial charge in [-0.25, -0.2) is 4.99 Å². The monoisotopic (exact) mass is 348 g/mol. The molecular weight excluding hydrogens is 336 g/mol. The maximum Gasteiger partial charge on any atom is 0.234 e. The fraction of sp³-hybridized carbons (Fsp3) is 0.125. The van der Waals surface area contributed by atoms with Gasteiger partial charge in [-0.2, -0.15) is 0 Å². The van der Waals surface area contributed by atoms with Gasteiger partial charge >= 0.3 is 0 Å². The molecule has 1 N–H and O–H groups in total. The number of anilines is 1. The van der Waals surface area contributed by atoms with Crippen molar-refractivity contribution in [2.45, 2.75) is 5.75 Å². The van der Waals surface area contributed by atoms with Crippen LogP contribution in [0.15, 0.2) is 53.5 Å². The van der Waals surface area contributed by atoms with E-state index < -0.39 is 0 Å². The van der Waals surface area contributed by atoms with Crippen LogP contribution in [0.1, 0.15) is 5.56 Å². The lowest BCUT2D eigenvalue weighted by Crippen LogP contribution is -2.15. The number of benzene rings is 2. The van der Waals surface area contributed by atoms with Crippen molar-refractivity contribution in [2.24, 2.45) is 4.99 Å². The minimum Gasteiger partial charge on any atom is -0.324 e. The number of para-hydroxylation sites is 2. The average molecular weight is 349 g/mol. The summed E-state index contributed by atoms with van der Waals surface area (Å²) in [5.74, 6) is 1.13. The number of halogens is 1. The highest BCUT2D eigenvalue weighted by Crippen LogP contribution is 2.34. The lowest BCUT2D eigenvalue weighted by atomic mass is 10.2. The van der Waals surface area contributed by atoms with Crippen molar-refractivity contribution in [3.8, 4) is 0 Å². The Balaban J connectivity index is 1.58. The highest BCUT2D eigenvalue weighted by molar-refractivity contribution is 8.38. The number of nitrogens with zero attached hydrogens (tertiary/aromatic N) is 1. The predicted molar refractivity (Wildman–Crippen MR) is 97.4 cm³/mol. The SMILES string of the molecule is O=C(CSC1=Nc2ccccc2CS1)Nc1ccccc1Cl. The number of hydrogen-bond donors (Lipinski definition) is 1. The quantitative estimate of drug-likeness (QED) is 0.853. The number of hydrogen-bond acceptors (Lipinski definition) is 4. The highest BCUT2D eigenvalue weighted by atomic mass is 35.5. The fourth-order valence-electron chi connectivity index (χ4n) is 1.96. The van der Waals surface area contributed by atoms with Gasteiger partial charge in [-0.1, -0.05) is 65.5 Å². The van der Waals surface area contributed by atoms with E-state index in [1.54, 1.807) is 23.9 Å². The molecule has 2 aromatic carbocycles. The van der Waals surface area contributed by atoms with Gasteiger partial charge in [0.1, 0.15) is 4.38 Å². The molecule has 22 heavy (non-hydrogen) atoms. The van der Waals surface area contributed by atoms with Crippen LogP contribution in [-0.4, -0.2) is 16.0 Å². The maximum atomic E-state index is 12.0. The van der Waals surface area contributed by atoms with E-state index in [0.717, 1.165) is 15.8 Å². The van der Waals surface area contributed by atoms with Gasteiger partial charge in [0.25, 0.3) is 0 Å². The second-order valence-electron chi connectivity index (χ2n) is 4.61. The second-order valence-corrected chi connectivity index (χ2v) is 7.21. The first kappa shape index (κ1) is 15.5. The van der Waals surface area contributed by atoms with Gasteiger partial charge in [-0.15, -0.1) is 0 Å². The van der Waals surface area contributed by atoms with E-state index in [-0.39, 0.29) is 5.91 Å². The van der Waals surface area contributed by atoms with Gasteiger partial charge in [-0.05, 0) is 23.8 Å². The van der Waals surface area contributed by atoms with E-state index in [9.17, 15) is 4.79 Å². The Morgan fingerprint density at radius 1 is 1.23 bits per heavy atom. The van der Waals surface area contributed by atoms with Gasteiger partial charge in [0.2, 0.25) is 5.91 Å². The number of nitrogens with one attached hydrogen (secondary N) is 1. The molecule has 0 saturated heterocycles. The van der Waals surface area contributed by atoms with Crippen molar-refractivity contribution in [3.05, 3.63) is 59.1 Å². The van der Waals surface area contributed by atoms with Crippen molar-refractivity contribution in [1.82, 2.24) is 0 Å². The van der Waals surface area contributed by atoms with Crippen LogP contribution in [0.3, 0.4) is 0 Å². The fourth-order valence-corrected chi connectivity index (χ4v) is 4.01. The number of carbonyl (C=O) groups excluding carboxylic acids is 1. The first-order chi connectivity index (χ1) is 10.7. The molecule has 1 heterocycles. The van der Waals surface area contributed by atoms with Crippen molar-refractivity contribution >= 4 is 56.8 Å². The van der Waals surface area contributed by atoms with Crippen molar-refractivity contribution < 1.29 is 4.79 Å². The maximum absolute atomic E-state index is 12.0. The summed E-state index contributed by atoms with van der Waals surface area (Å²) in [5, 5.41) is 3.35. The predicted octanol–water partition coefficient (Wildman–Crippen LogP) is 4.95. The molecule has 0 radical (unpaired) electrons. The third-order valence-electron chi connectivity index (χ3n) is 3.03. The molecule has 0 atom stereocenters. The highest BCUT2D eigenvalue weighted by Gasteiger charge is 2.14. The van der Waals surface area contributed by atoms with Crippen LogP contribution in [0.25, 0.3) is 0 Å². The van der Waals surface area contributed by atoms with Crippen molar-refractivity contribution in [2.75, 3.05) is 11.1 Å². The zero-order chi connectivity index (χ0) is 15.4. The minimum absolute atomic E-state index is 0.0831. The van der Waals surface area contributed by atoms with Crippen LogP contribution in [0, 0.1) is 0 Å². The molecule has 0 unspecified atom stereocenters. The Morgan fingerprint density at radius 2 is 2.00 bits per heavy atom. The van der Waals surface area contributed by atoms with Gasteiger partial charge in [0, 0.05) is 5.75 Å². The lowest BCUT2D eigenvalue weighted by Gasteiger charge is -2.14. The van der Waals surface area contributed by atoms with E-state index in [4.69, 9.17) is 11.6 Å². The second kappa shape index (κ2) is 7.22. The standard InChI is InChI=1S/C16H13ClN2OS2/c17-12-6-2-4-8-14(12)18-15(20)10-22-16-19-13-7-3-1-5-11(13)9-21-16/h1-8H,9-10H2,(H,18,20). The Labute approximate surface area is 142 Å². The summed E-state index contributed by atoms with van der Waals surface area (Å²) in [6.07, 6.45) is 0. The number of fused-ring (bicyclic) bond motifs is 1. The molecule has 0 saturated carbocycles. The molecule has 1 amide bonds. The largest absolute Gasteiger partial charge is 0.324 e. The molecule has 0 aliphatic carbocycles. The Hall–Kier alpha value is -1.43. The van der Waals surface area contributed by atoms with Crippen molar-refractivity contribution in [3.63, 3.8) is 0 Å². The van der Waals surface area contributed by atoms with E-state index in [1.165, 1.54) is 17.3 Å². The molecule has 0 fully saturated rings. The molecule has 0 bridgehead atoms. The average Bonchev–Trinajstić information content (AvgIpc) is 2.55. The number of amides is 1. The van der Waals surface area contributed by atoms with Crippen LogP contribution < -0.4 is 5.32 Å². The molecule has 112 valence electrons. The zero-order valence-corrected chi connectivity index (χ0v) is 14.0. The zero-order valence-electron chi connectivity index (χ0n) is 11.6. The van der Waals surface area contributed by atoms with Gasteiger partial charge in [-0.3, -0.25) is 4.79 Å². The Kier molecular flexibility index (Phi) is 5.08. The molecule has 6 heteroatoms. The molecular formula is C16H13ClN2OS2. The van der Waals surface area contributed by atoms with Crippen LogP contribution in [-0.2, 0) is 10.5 Å². The first-order valence-corrected chi connectivity index (χ1v) is 9.04. The molecule has 2 aromatic rings. The number of carbonyl (C=O) groups is 1. The molecule has 3 nitrogen and oxygen atoms in total. The summed E-state index contributed by atoms with van der Waals surface area (Å²) in [7, 11) is 0. The molecule has 1 aliphatic rings. The van der Waals surface area contributed by atoms with Crippen LogP contribution in [0.2, 0.25) is 5.02 Å². The van der Waals surface area contributed by atoms with Gasteiger partial charge in [0.15, 0.2) is 0 Å². The minimum atomic E-state index is -0.0831. The molecule has 0 spiro atoms. The normalized spacial score (nSPS) is 13.2. The smallest absolute Gasteiger partial charge is 0.234 e. The number of rotatable bonds is 3. The lowest BCUT2D eigenvalue weighted by molar-refractivity contribution is -0.113. The molecule has 3 rings (SSSR count). The van der Waals surface area contributed by atoms with E-state index >= 15 is 0 Å². The summed E-state index contributed by atoms with van der Waals surface area (Å²) in [5.41, 5.74) is 2.87. The van der Waals surface area contributed by atoms with E-state index in [0.29, 0.717) is 16.5 Å². The van der Waals surface area contributed by atoms with E-state index in [2.05, 4.69) is 16.4 Å². The van der Waals surface area contributed by atoms with E-state index in [1.807, 2.05) is 30.3 Å². The van der Waals surface area contributed by atoms with Crippen LogP contribution in [0.5, 0.6) is 0 Å².